The van der Waals surface area contributed by atoms with E-state index >= 15 is 0 Å². The first-order chi connectivity index (χ1) is 9.53. The van der Waals surface area contributed by atoms with Gasteiger partial charge in [-0.15, -0.1) is 0 Å². The highest BCUT2D eigenvalue weighted by Crippen LogP contribution is 2.17. The fourth-order valence-corrected chi connectivity index (χ4v) is 4.62. The van der Waals surface area contributed by atoms with Crippen LogP contribution in [0.4, 0.5) is 0 Å². The molecule has 0 aliphatic carbocycles. The van der Waals surface area contributed by atoms with Crippen LogP contribution in [0.2, 0.25) is 0 Å². The van der Waals surface area contributed by atoms with Gasteiger partial charge >= 0.3 is 0 Å². The Hall–Kier alpha value is -1.41. The first kappa shape index (κ1) is 13.6. The van der Waals surface area contributed by atoms with E-state index in [1.54, 1.807) is 6.33 Å². The Morgan fingerprint density at radius 1 is 1.50 bits per heavy atom. The SMILES string of the molecule is O=C(NCC1CCS(=O)(=O)C1)C1Cc2nc[nH]c2CN1. The molecule has 3 N–H and O–H groups in total. The molecule has 2 atom stereocenters. The van der Waals surface area contributed by atoms with Crippen LogP contribution in [0, 0.1) is 5.92 Å². The minimum atomic E-state index is -2.88. The third-order valence-corrected chi connectivity index (χ3v) is 5.78. The average Bonchev–Trinajstić information content (AvgIpc) is 3.01. The number of carbonyl (C=O) groups is 1. The maximum atomic E-state index is 12.1. The molecule has 1 fully saturated rings. The molecule has 0 aromatic carbocycles. The number of amides is 1. The predicted octanol–water partition coefficient (Wildman–Crippen LogP) is -1.03. The normalized spacial score (nSPS) is 28.0. The van der Waals surface area contributed by atoms with E-state index in [4.69, 9.17) is 0 Å². The summed E-state index contributed by atoms with van der Waals surface area (Å²) in [5.41, 5.74) is 1.95. The van der Waals surface area contributed by atoms with Gasteiger partial charge in [0.1, 0.15) is 0 Å². The van der Waals surface area contributed by atoms with Crippen LogP contribution in [-0.4, -0.2) is 48.4 Å². The monoisotopic (exact) mass is 298 g/mol. The summed E-state index contributed by atoms with van der Waals surface area (Å²) in [6.45, 7) is 1.04. The molecule has 1 saturated heterocycles. The molecule has 0 spiro atoms. The van der Waals surface area contributed by atoms with E-state index in [1.165, 1.54) is 0 Å². The standard InChI is InChI=1S/C12H18N4O3S/c17-12(14-4-8-1-2-20(18,19)6-8)10-3-9-11(5-13-10)16-7-15-9/h7-8,10,13H,1-6H2,(H,14,17)(H,15,16). The number of nitrogens with one attached hydrogen (secondary N) is 3. The van der Waals surface area contributed by atoms with Gasteiger partial charge in [0, 0.05) is 19.5 Å². The van der Waals surface area contributed by atoms with Crippen LogP contribution in [0.3, 0.4) is 0 Å². The van der Waals surface area contributed by atoms with Gasteiger partial charge < -0.3 is 10.3 Å². The third kappa shape index (κ3) is 2.85. The fraction of sp³-hybridized carbons (Fsp3) is 0.667. The minimum Gasteiger partial charge on any atom is -0.354 e. The van der Waals surface area contributed by atoms with Crippen molar-refractivity contribution in [3.05, 3.63) is 17.7 Å². The number of hydrogen-bond donors (Lipinski definition) is 3. The smallest absolute Gasteiger partial charge is 0.237 e. The number of rotatable bonds is 3. The number of nitrogens with zero attached hydrogens (tertiary/aromatic N) is 1. The lowest BCUT2D eigenvalue weighted by atomic mass is 10.0. The summed E-state index contributed by atoms with van der Waals surface area (Å²) in [6, 6.07) is -0.288. The molecule has 7 nitrogen and oxygen atoms in total. The maximum Gasteiger partial charge on any atom is 0.237 e. The van der Waals surface area contributed by atoms with Gasteiger partial charge in [-0.3, -0.25) is 10.1 Å². The molecule has 20 heavy (non-hydrogen) atoms. The Morgan fingerprint density at radius 3 is 3.10 bits per heavy atom. The molecular weight excluding hydrogens is 280 g/mol. The van der Waals surface area contributed by atoms with Crippen LogP contribution < -0.4 is 10.6 Å². The van der Waals surface area contributed by atoms with E-state index < -0.39 is 9.84 Å². The predicted molar refractivity (Wildman–Crippen MR) is 72.7 cm³/mol. The second kappa shape index (κ2) is 5.17. The number of fused-ring (bicyclic) bond motifs is 1. The molecule has 1 amide bonds. The average molecular weight is 298 g/mol. The van der Waals surface area contributed by atoms with E-state index in [0.29, 0.717) is 25.9 Å². The molecule has 3 rings (SSSR count). The van der Waals surface area contributed by atoms with Crippen molar-refractivity contribution in [2.24, 2.45) is 5.92 Å². The molecule has 2 aliphatic heterocycles. The Labute approximate surface area is 117 Å². The van der Waals surface area contributed by atoms with Crippen LogP contribution in [0.5, 0.6) is 0 Å². The topological polar surface area (TPSA) is 104 Å². The second-order valence-corrected chi connectivity index (χ2v) is 7.71. The van der Waals surface area contributed by atoms with Gasteiger partial charge in [-0.1, -0.05) is 0 Å². The van der Waals surface area contributed by atoms with Gasteiger partial charge in [0.15, 0.2) is 9.84 Å². The van der Waals surface area contributed by atoms with Crippen LogP contribution in [0.25, 0.3) is 0 Å². The highest BCUT2D eigenvalue weighted by Gasteiger charge is 2.30. The van der Waals surface area contributed by atoms with Crippen LogP contribution in [0.15, 0.2) is 6.33 Å². The van der Waals surface area contributed by atoms with E-state index in [2.05, 4.69) is 20.6 Å². The van der Waals surface area contributed by atoms with Gasteiger partial charge in [0.05, 0.1) is 35.3 Å². The van der Waals surface area contributed by atoms with Gasteiger partial charge in [0.2, 0.25) is 5.91 Å². The van der Waals surface area contributed by atoms with Crippen LogP contribution in [-0.2, 0) is 27.6 Å². The number of carbonyl (C=O) groups excluding carboxylic acids is 1. The maximum absolute atomic E-state index is 12.1. The molecular formula is C12H18N4O3S. The summed E-state index contributed by atoms with van der Waals surface area (Å²) in [7, 11) is -2.88. The zero-order chi connectivity index (χ0) is 14.2. The zero-order valence-electron chi connectivity index (χ0n) is 11.1. The van der Waals surface area contributed by atoms with Crippen molar-refractivity contribution in [1.29, 1.82) is 0 Å². The highest BCUT2D eigenvalue weighted by molar-refractivity contribution is 7.91. The molecule has 0 saturated carbocycles. The summed E-state index contributed by atoms with van der Waals surface area (Å²) < 4.78 is 22.7. The van der Waals surface area contributed by atoms with Gasteiger partial charge in [-0.25, -0.2) is 13.4 Å². The molecule has 2 aliphatic rings. The third-order valence-electron chi connectivity index (χ3n) is 3.94. The van der Waals surface area contributed by atoms with Crippen molar-refractivity contribution < 1.29 is 13.2 Å². The van der Waals surface area contributed by atoms with Gasteiger partial charge in [-0.2, -0.15) is 0 Å². The zero-order valence-corrected chi connectivity index (χ0v) is 11.9. The summed E-state index contributed by atoms with van der Waals surface area (Å²) in [5, 5.41) is 6.00. The summed E-state index contributed by atoms with van der Waals surface area (Å²) in [4.78, 5) is 19.3. The fourth-order valence-electron chi connectivity index (χ4n) is 2.76. The molecule has 8 heteroatoms. The van der Waals surface area contributed by atoms with E-state index in [1.807, 2.05) is 0 Å². The minimum absolute atomic E-state index is 0.0495. The lowest BCUT2D eigenvalue weighted by molar-refractivity contribution is -0.123. The van der Waals surface area contributed by atoms with E-state index in [9.17, 15) is 13.2 Å². The summed E-state index contributed by atoms with van der Waals surface area (Å²) >= 11 is 0. The number of imidazole rings is 1. The Balaban J connectivity index is 1.51. The van der Waals surface area contributed by atoms with Gasteiger partial charge in [0.25, 0.3) is 0 Å². The van der Waals surface area contributed by atoms with Crippen LogP contribution >= 0.6 is 0 Å². The van der Waals surface area contributed by atoms with Crippen molar-refractivity contribution in [3.63, 3.8) is 0 Å². The molecule has 1 aromatic heterocycles. The van der Waals surface area contributed by atoms with Crippen molar-refractivity contribution >= 4 is 15.7 Å². The quantitative estimate of drug-likeness (QED) is 0.662. The Morgan fingerprint density at radius 2 is 2.35 bits per heavy atom. The van der Waals surface area contributed by atoms with E-state index in [-0.39, 0.29) is 29.4 Å². The largest absolute Gasteiger partial charge is 0.354 e. The molecule has 0 bridgehead atoms. The Bertz CT molecular complexity index is 610. The molecule has 110 valence electrons. The number of sulfone groups is 1. The molecule has 3 heterocycles. The van der Waals surface area contributed by atoms with Crippen molar-refractivity contribution in [1.82, 2.24) is 20.6 Å². The lowest BCUT2D eigenvalue weighted by Crippen LogP contribution is -2.48. The molecule has 2 unspecified atom stereocenters. The highest BCUT2D eigenvalue weighted by atomic mass is 32.2. The molecule has 0 radical (unpaired) electrons. The molecule has 1 aromatic rings. The van der Waals surface area contributed by atoms with Gasteiger partial charge in [-0.05, 0) is 12.3 Å². The van der Waals surface area contributed by atoms with Crippen molar-refractivity contribution in [3.8, 4) is 0 Å². The first-order valence-corrected chi connectivity index (χ1v) is 8.58. The first-order valence-electron chi connectivity index (χ1n) is 6.76. The van der Waals surface area contributed by atoms with Crippen LogP contribution in [0.1, 0.15) is 17.8 Å². The number of H-pyrrole nitrogens is 1. The van der Waals surface area contributed by atoms with E-state index in [0.717, 1.165) is 11.4 Å². The number of aromatic nitrogens is 2. The second-order valence-electron chi connectivity index (χ2n) is 5.48. The van der Waals surface area contributed by atoms with Crippen molar-refractivity contribution in [2.45, 2.75) is 25.4 Å². The Kier molecular flexibility index (Phi) is 3.51. The lowest BCUT2D eigenvalue weighted by Gasteiger charge is -2.22. The summed E-state index contributed by atoms with van der Waals surface area (Å²) in [5.74, 6) is 0.400. The summed E-state index contributed by atoms with van der Waals surface area (Å²) in [6.07, 6.45) is 2.84. The number of aromatic amines is 1. The van der Waals surface area contributed by atoms with Crippen molar-refractivity contribution in [2.75, 3.05) is 18.1 Å². The number of hydrogen-bond acceptors (Lipinski definition) is 5.